The highest BCUT2D eigenvalue weighted by Crippen LogP contribution is 2.47. The van der Waals surface area contributed by atoms with Gasteiger partial charge < -0.3 is 9.90 Å². The quantitative estimate of drug-likeness (QED) is 0.570. The molecule has 0 saturated heterocycles. The smallest absolute Gasteiger partial charge is 0.470 e. The van der Waals surface area contributed by atoms with Crippen LogP contribution in [0.1, 0.15) is 0 Å². The van der Waals surface area contributed by atoms with E-state index in [2.05, 4.69) is 0 Å². The molecule has 1 unspecified atom stereocenters. The first kappa shape index (κ1) is 16.7. The van der Waals surface area contributed by atoms with Crippen molar-refractivity contribution in [2.75, 3.05) is 0 Å². The second-order valence-electron chi connectivity index (χ2n) is 2.68. The monoisotopic (exact) mass is 296 g/mol. The molecule has 0 radical (unpaired) electrons. The average molecular weight is 296 g/mol. The summed E-state index contributed by atoms with van der Waals surface area (Å²) in [7, 11) is 0. The van der Waals surface area contributed by atoms with E-state index in [1.54, 1.807) is 0 Å². The van der Waals surface area contributed by atoms with Crippen molar-refractivity contribution in [3.63, 3.8) is 0 Å². The molecule has 0 aromatic heterocycles. The zero-order valence-electron chi connectivity index (χ0n) is 7.54. The Bertz CT molecular complexity index is 315. The van der Waals surface area contributed by atoms with Crippen LogP contribution in [0, 0.1) is 0 Å². The van der Waals surface area contributed by atoms with E-state index in [4.69, 9.17) is 0 Å². The fraction of sp³-hybridized carbons (Fsp3) is 0.800. The lowest BCUT2D eigenvalue weighted by atomic mass is 10.2. The van der Waals surface area contributed by atoms with E-state index in [0.29, 0.717) is 0 Å². The number of halogens is 10. The molecule has 0 aromatic rings. The van der Waals surface area contributed by atoms with E-state index in [0.717, 1.165) is 0 Å². The van der Waals surface area contributed by atoms with Crippen molar-refractivity contribution in [2.45, 2.75) is 24.6 Å². The molecule has 18 heavy (non-hydrogen) atoms. The molecular formula is C5F10NO2-. The molecule has 0 fully saturated rings. The Hall–Kier alpha value is -1.27. The summed E-state index contributed by atoms with van der Waals surface area (Å²) >= 11 is 0. The molecule has 108 valence electrons. The van der Waals surface area contributed by atoms with Gasteiger partial charge in [0.2, 0.25) is 0 Å². The highest BCUT2D eigenvalue weighted by atomic mass is 19.4. The summed E-state index contributed by atoms with van der Waals surface area (Å²) in [5, 5.41) is 9.75. The summed E-state index contributed by atoms with van der Waals surface area (Å²) in [6, 6.07) is 0. The van der Waals surface area contributed by atoms with Crippen LogP contribution in [0.3, 0.4) is 0 Å². The van der Waals surface area contributed by atoms with Gasteiger partial charge in [-0.3, -0.25) is 0 Å². The van der Waals surface area contributed by atoms with Crippen LogP contribution < -0.4 is 5.11 Å². The number of alkyl halides is 10. The Morgan fingerprint density at radius 3 is 1.11 bits per heavy atom. The van der Waals surface area contributed by atoms with Crippen molar-refractivity contribution < 1.29 is 53.8 Å². The summed E-state index contributed by atoms with van der Waals surface area (Å²) in [5.41, 5.74) is 0. The van der Waals surface area contributed by atoms with Crippen LogP contribution in [-0.2, 0) is 4.79 Å². The molecule has 0 spiro atoms. The maximum Gasteiger partial charge on any atom is 0.470 e. The highest BCUT2D eigenvalue weighted by Gasteiger charge is 2.75. The minimum absolute atomic E-state index is 3.73. The van der Waals surface area contributed by atoms with Crippen molar-refractivity contribution in [3.05, 3.63) is 0 Å². The maximum atomic E-state index is 12.8. The molecule has 3 nitrogen and oxygen atoms in total. The number of carbonyl (C=O) groups excluding carboxylic acids is 1. The van der Waals surface area contributed by atoms with E-state index < -0.39 is 35.4 Å². The molecule has 0 aromatic carbocycles. The first-order chi connectivity index (χ1) is 7.56. The lowest BCUT2D eigenvalue weighted by molar-refractivity contribution is -0.463. The van der Waals surface area contributed by atoms with Crippen molar-refractivity contribution in [1.29, 1.82) is 0 Å². The van der Waals surface area contributed by atoms with Crippen LogP contribution in [0.25, 0.3) is 0 Å². The molecule has 0 rings (SSSR count). The molecule has 0 heterocycles. The lowest BCUT2D eigenvalue weighted by Crippen LogP contribution is -2.72. The van der Waals surface area contributed by atoms with Gasteiger partial charge in [0.05, 0.1) is 0 Å². The van der Waals surface area contributed by atoms with Gasteiger partial charge in [0.15, 0.2) is 0 Å². The van der Waals surface area contributed by atoms with Gasteiger partial charge in [-0.2, -0.15) is 39.5 Å². The standard InChI is InChI=1S/C5HF10NO2/c6-2(1(17)18,3(7,8)9)16(4(10,11)12)5(13,14)15/h(H,17,18)/p-1. The fourth-order valence-electron chi connectivity index (χ4n) is 0.827. The normalized spacial score (nSPS) is 17.7. The number of carbonyl (C=O) groups is 1. The fourth-order valence-corrected chi connectivity index (χ4v) is 0.827. The van der Waals surface area contributed by atoms with Crippen LogP contribution in [0.4, 0.5) is 43.9 Å². The van der Waals surface area contributed by atoms with Gasteiger partial charge in [-0.25, -0.2) is 4.39 Å². The molecule has 13 heteroatoms. The summed E-state index contributed by atoms with van der Waals surface area (Å²) in [4.78, 5) is 6.02. The van der Waals surface area contributed by atoms with Gasteiger partial charge in [-0.1, -0.05) is 4.90 Å². The Morgan fingerprint density at radius 2 is 1.06 bits per heavy atom. The molecule has 0 saturated carbocycles. The lowest BCUT2D eigenvalue weighted by Gasteiger charge is -2.39. The predicted molar refractivity (Wildman–Crippen MR) is 28.9 cm³/mol. The summed E-state index contributed by atoms with van der Waals surface area (Å²) < 4.78 is 119. The number of carboxylic acid groups (broad SMARTS) is 1. The summed E-state index contributed by atoms with van der Waals surface area (Å²) in [6.07, 6.45) is -21.0. The van der Waals surface area contributed by atoms with Crippen LogP contribution >= 0.6 is 0 Å². The molecule has 0 bridgehead atoms. The Kier molecular flexibility index (Phi) is 3.84. The van der Waals surface area contributed by atoms with E-state index in [-0.39, 0.29) is 0 Å². The predicted octanol–water partition coefficient (Wildman–Crippen LogP) is 1.31. The zero-order valence-corrected chi connectivity index (χ0v) is 7.54. The molecule has 0 amide bonds. The summed E-state index contributed by atoms with van der Waals surface area (Å²) in [5.74, 6) is -11.0. The van der Waals surface area contributed by atoms with Crippen molar-refractivity contribution >= 4 is 5.97 Å². The second kappa shape index (κ2) is 4.13. The van der Waals surface area contributed by atoms with Crippen LogP contribution in [0.2, 0.25) is 0 Å². The maximum absolute atomic E-state index is 12.8. The molecule has 0 aliphatic rings. The molecule has 0 aliphatic carbocycles. The zero-order chi connectivity index (χ0) is 15.2. The SMILES string of the molecule is O=C([O-])C(F)(N(C(F)(F)F)C(F)(F)F)C(F)(F)F. The molecule has 1 atom stereocenters. The second-order valence-corrected chi connectivity index (χ2v) is 2.68. The first-order valence-electron chi connectivity index (χ1n) is 3.47. The summed E-state index contributed by atoms with van der Waals surface area (Å²) in [6.45, 7) is 0. The number of carboxylic acids is 1. The van der Waals surface area contributed by atoms with Gasteiger partial charge in [0.25, 0.3) is 0 Å². The molecule has 0 aliphatic heterocycles. The average Bonchev–Trinajstić information content (AvgIpc) is 1.94. The number of hydrogen-bond donors (Lipinski definition) is 0. The van der Waals surface area contributed by atoms with Crippen LogP contribution in [-0.4, -0.2) is 35.4 Å². The number of aliphatic carboxylic acids is 1. The van der Waals surface area contributed by atoms with E-state index in [1.807, 2.05) is 0 Å². The third-order valence-corrected chi connectivity index (χ3v) is 1.46. The van der Waals surface area contributed by atoms with Gasteiger partial charge >= 0.3 is 24.6 Å². The topological polar surface area (TPSA) is 43.4 Å². The van der Waals surface area contributed by atoms with Crippen molar-refractivity contribution in [2.24, 2.45) is 0 Å². The first-order valence-corrected chi connectivity index (χ1v) is 3.47. The largest absolute Gasteiger partial charge is 0.545 e. The van der Waals surface area contributed by atoms with Crippen LogP contribution in [0.5, 0.6) is 0 Å². The van der Waals surface area contributed by atoms with E-state index in [1.165, 1.54) is 0 Å². The minimum atomic E-state index is -7.03. The van der Waals surface area contributed by atoms with Gasteiger partial charge in [-0.05, 0) is 0 Å². The number of nitrogens with zero attached hydrogens (tertiary/aromatic N) is 1. The van der Waals surface area contributed by atoms with E-state index >= 15 is 0 Å². The van der Waals surface area contributed by atoms with Crippen molar-refractivity contribution in [3.8, 4) is 0 Å². The minimum Gasteiger partial charge on any atom is -0.545 e. The van der Waals surface area contributed by atoms with Gasteiger partial charge in [-0.15, -0.1) is 0 Å². The Balaban J connectivity index is 6.09. The van der Waals surface area contributed by atoms with Crippen LogP contribution in [0.15, 0.2) is 0 Å². The van der Waals surface area contributed by atoms with E-state index in [9.17, 15) is 53.8 Å². The third-order valence-electron chi connectivity index (χ3n) is 1.46. The number of hydrogen-bond acceptors (Lipinski definition) is 3. The molecular weight excluding hydrogens is 296 g/mol. The highest BCUT2D eigenvalue weighted by molar-refractivity contribution is 5.76. The van der Waals surface area contributed by atoms with Crippen molar-refractivity contribution in [1.82, 2.24) is 4.90 Å². The number of rotatable bonds is 2. The Labute approximate surface area is 90.6 Å². The Morgan fingerprint density at radius 1 is 0.778 bits per heavy atom. The van der Waals surface area contributed by atoms with Gasteiger partial charge in [0, 0.05) is 0 Å². The third kappa shape index (κ3) is 2.76. The molecule has 0 N–H and O–H groups in total. The van der Waals surface area contributed by atoms with Gasteiger partial charge in [0.1, 0.15) is 5.97 Å².